The molecule has 1 aromatic carbocycles. The topological polar surface area (TPSA) is 23.5 Å². The van der Waals surface area contributed by atoms with Crippen LogP contribution in [0, 0.1) is 12.7 Å². The zero-order valence-electron chi connectivity index (χ0n) is 10.2. The van der Waals surface area contributed by atoms with Crippen LogP contribution in [0.25, 0.3) is 0 Å². The Morgan fingerprint density at radius 1 is 1.44 bits per heavy atom. The quantitative estimate of drug-likeness (QED) is 0.831. The highest BCUT2D eigenvalue weighted by Crippen LogP contribution is 2.11. The van der Waals surface area contributed by atoms with Crippen LogP contribution in [0.2, 0.25) is 0 Å². The molecule has 0 aromatic heterocycles. The highest BCUT2D eigenvalue weighted by Gasteiger charge is 2.04. The van der Waals surface area contributed by atoms with Crippen LogP contribution >= 0.6 is 0 Å². The summed E-state index contributed by atoms with van der Waals surface area (Å²) in [6, 6.07) is 5.18. The first-order valence-corrected chi connectivity index (χ1v) is 5.60. The fourth-order valence-electron chi connectivity index (χ4n) is 1.60. The van der Waals surface area contributed by atoms with Crippen LogP contribution in [0.3, 0.4) is 0 Å². The van der Waals surface area contributed by atoms with Gasteiger partial charge in [0.1, 0.15) is 5.82 Å². The summed E-state index contributed by atoms with van der Waals surface area (Å²) < 4.78 is 13.0. The Labute approximate surface area is 96.7 Å². The van der Waals surface area contributed by atoms with Crippen LogP contribution in [0.1, 0.15) is 24.5 Å². The molecule has 1 aromatic rings. The second-order valence-electron chi connectivity index (χ2n) is 4.46. The lowest BCUT2D eigenvalue weighted by Crippen LogP contribution is -2.22. The van der Waals surface area contributed by atoms with Crippen LogP contribution in [-0.4, -0.2) is 29.7 Å². The molecule has 2 nitrogen and oxygen atoms in total. The van der Waals surface area contributed by atoms with Gasteiger partial charge >= 0.3 is 0 Å². The van der Waals surface area contributed by atoms with Gasteiger partial charge in [-0.2, -0.15) is 0 Å². The Bertz CT molecular complexity index is 339. The number of nitrogens with zero attached hydrogens (tertiary/aromatic N) is 1. The lowest BCUT2D eigenvalue weighted by atomic mass is 10.1. The fraction of sp³-hybridized carbons (Fsp3) is 0.538. The van der Waals surface area contributed by atoms with E-state index in [2.05, 4.69) is 4.90 Å². The van der Waals surface area contributed by atoms with E-state index in [-0.39, 0.29) is 11.9 Å². The van der Waals surface area contributed by atoms with Gasteiger partial charge in [-0.1, -0.05) is 12.1 Å². The maximum absolute atomic E-state index is 13.0. The summed E-state index contributed by atoms with van der Waals surface area (Å²) in [5, 5.41) is 9.17. The second-order valence-corrected chi connectivity index (χ2v) is 4.46. The first-order chi connectivity index (χ1) is 7.49. The number of aliphatic hydroxyl groups is 1. The first kappa shape index (κ1) is 13.1. The van der Waals surface area contributed by atoms with Crippen molar-refractivity contribution >= 4 is 0 Å². The minimum absolute atomic E-state index is 0.157. The van der Waals surface area contributed by atoms with E-state index < -0.39 is 0 Å². The van der Waals surface area contributed by atoms with Gasteiger partial charge in [0.15, 0.2) is 0 Å². The molecule has 0 aliphatic heterocycles. The molecule has 90 valence electrons. The summed E-state index contributed by atoms with van der Waals surface area (Å²) in [5.41, 5.74) is 1.79. The van der Waals surface area contributed by atoms with Gasteiger partial charge in [0.2, 0.25) is 0 Å². The molecular weight excluding hydrogens is 205 g/mol. The second kappa shape index (κ2) is 5.97. The van der Waals surface area contributed by atoms with E-state index in [0.29, 0.717) is 5.56 Å². The maximum Gasteiger partial charge on any atom is 0.126 e. The van der Waals surface area contributed by atoms with Gasteiger partial charge in [-0.3, -0.25) is 0 Å². The zero-order chi connectivity index (χ0) is 12.1. The average molecular weight is 225 g/mol. The molecule has 0 fully saturated rings. The molecule has 0 saturated heterocycles. The molecule has 1 N–H and O–H groups in total. The molecule has 0 amide bonds. The highest BCUT2D eigenvalue weighted by molar-refractivity contribution is 5.23. The summed E-state index contributed by atoms with van der Waals surface area (Å²) in [7, 11) is 2.00. The van der Waals surface area contributed by atoms with Crippen molar-refractivity contribution in [3.8, 4) is 0 Å². The standard InChI is InChI=1S/C13H20FNO/c1-10-8-12(4-5-13(10)14)9-15(3)7-6-11(2)16/h4-5,8,11,16H,6-7,9H2,1-3H3. The van der Waals surface area contributed by atoms with Crippen molar-refractivity contribution in [2.75, 3.05) is 13.6 Å². The number of aliphatic hydroxyl groups excluding tert-OH is 1. The molecule has 16 heavy (non-hydrogen) atoms. The van der Waals surface area contributed by atoms with Gasteiger partial charge in [-0.05, 0) is 44.5 Å². The number of hydrogen-bond donors (Lipinski definition) is 1. The van der Waals surface area contributed by atoms with E-state index in [9.17, 15) is 9.50 Å². The third-order valence-corrected chi connectivity index (χ3v) is 2.60. The number of aryl methyl sites for hydroxylation is 1. The van der Waals surface area contributed by atoms with E-state index >= 15 is 0 Å². The highest BCUT2D eigenvalue weighted by atomic mass is 19.1. The Kier molecular flexibility index (Phi) is 4.90. The summed E-state index contributed by atoms with van der Waals surface area (Å²) >= 11 is 0. The molecule has 0 bridgehead atoms. The summed E-state index contributed by atoms with van der Waals surface area (Å²) in [6.45, 7) is 5.19. The van der Waals surface area contributed by atoms with Crippen LogP contribution in [0.5, 0.6) is 0 Å². The van der Waals surface area contributed by atoms with Crippen molar-refractivity contribution in [3.63, 3.8) is 0 Å². The minimum Gasteiger partial charge on any atom is -0.393 e. The largest absolute Gasteiger partial charge is 0.393 e. The molecule has 0 aliphatic carbocycles. The van der Waals surface area contributed by atoms with E-state index in [1.807, 2.05) is 13.1 Å². The predicted octanol–water partition coefficient (Wildman–Crippen LogP) is 2.34. The van der Waals surface area contributed by atoms with Crippen LogP contribution in [0.15, 0.2) is 18.2 Å². The Morgan fingerprint density at radius 3 is 2.69 bits per heavy atom. The summed E-state index contributed by atoms with van der Waals surface area (Å²) in [6.07, 6.45) is 0.494. The van der Waals surface area contributed by atoms with Gasteiger partial charge in [-0.25, -0.2) is 4.39 Å². The van der Waals surface area contributed by atoms with Crippen molar-refractivity contribution in [2.24, 2.45) is 0 Å². The van der Waals surface area contributed by atoms with Crippen molar-refractivity contribution in [1.29, 1.82) is 0 Å². The molecule has 0 spiro atoms. The molecule has 0 aliphatic rings. The summed E-state index contributed by atoms with van der Waals surface area (Å²) in [4.78, 5) is 2.12. The molecular formula is C13H20FNO. The zero-order valence-corrected chi connectivity index (χ0v) is 10.2. The Hall–Kier alpha value is -0.930. The smallest absolute Gasteiger partial charge is 0.126 e. The third kappa shape index (κ3) is 4.29. The summed E-state index contributed by atoms with van der Waals surface area (Å²) in [5.74, 6) is -0.157. The molecule has 0 radical (unpaired) electrons. The van der Waals surface area contributed by atoms with Gasteiger partial charge in [0.05, 0.1) is 6.10 Å². The molecule has 1 unspecified atom stereocenters. The van der Waals surface area contributed by atoms with Crippen molar-refractivity contribution in [3.05, 3.63) is 35.1 Å². The monoisotopic (exact) mass is 225 g/mol. The number of rotatable bonds is 5. The first-order valence-electron chi connectivity index (χ1n) is 5.60. The molecule has 3 heteroatoms. The van der Waals surface area contributed by atoms with E-state index in [1.54, 1.807) is 19.9 Å². The maximum atomic E-state index is 13.0. The van der Waals surface area contributed by atoms with Crippen molar-refractivity contribution in [1.82, 2.24) is 4.90 Å². The van der Waals surface area contributed by atoms with E-state index in [4.69, 9.17) is 0 Å². The van der Waals surface area contributed by atoms with Gasteiger partial charge in [-0.15, -0.1) is 0 Å². The molecule has 0 saturated carbocycles. The van der Waals surface area contributed by atoms with Gasteiger partial charge < -0.3 is 10.0 Å². The number of hydrogen-bond acceptors (Lipinski definition) is 2. The molecule has 0 heterocycles. The van der Waals surface area contributed by atoms with Crippen molar-refractivity contribution in [2.45, 2.75) is 32.9 Å². The lowest BCUT2D eigenvalue weighted by molar-refractivity contribution is 0.163. The van der Waals surface area contributed by atoms with E-state index in [0.717, 1.165) is 25.1 Å². The minimum atomic E-state index is -0.266. The van der Waals surface area contributed by atoms with Crippen LogP contribution < -0.4 is 0 Å². The lowest BCUT2D eigenvalue weighted by Gasteiger charge is -2.17. The normalized spacial score (nSPS) is 13.1. The fourth-order valence-corrected chi connectivity index (χ4v) is 1.60. The van der Waals surface area contributed by atoms with E-state index in [1.165, 1.54) is 6.07 Å². The van der Waals surface area contributed by atoms with Crippen LogP contribution in [-0.2, 0) is 6.54 Å². The Balaban J connectivity index is 2.49. The Morgan fingerprint density at radius 2 is 2.12 bits per heavy atom. The SMILES string of the molecule is Cc1cc(CN(C)CCC(C)O)ccc1F. The van der Waals surface area contributed by atoms with Gasteiger partial charge in [0.25, 0.3) is 0 Å². The van der Waals surface area contributed by atoms with Crippen LogP contribution in [0.4, 0.5) is 4.39 Å². The number of benzene rings is 1. The molecule has 1 atom stereocenters. The third-order valence-electron chi connectivity index (χ3n) is 2.60. The number of halogens is 1. The predicted molar refractivity (Wildman–Crippen MR) is 63.8 cm³/mol. The van der Waals surface area contributed by atoms with Gasteiger partial charge in [0, 0.05) is 13.1 Å². The average Bonchev–Trinajstić information content (AvgIpc) is 2.21. The molecule has 1 rings (SSSR count). The van der Waals surface area contributed by atoms with Crippen molar-refractivity contribution < 1.29 is 9.50 Å².